The fraction of sp³-hybridized carbons (Fsp3) is 0.259. The number of ether oxygens (including phenoxy) is 1. The highest BCUT2D eigenvalue weighted by Crippen LogP contribution is 2.50. The van der Waals surface area contributed by atoms with E-state index in [1.807, 2.05) is 60.7 Å². The van der Waals surface area contributed by atoms with Gasteiger partial charge in [-0.25, -0.2) is 9.78 Å². The van der Waals surface area contributed by atoms with E-state index in [4.69, 9.17) is 4.74 Å². The number of hydrogen-bond acceptors (Lipinski definition) is 7. The number of anilines is 2. The molecule has 2 aromatic carbocycles. The average Bonchev–Trinajstić information content (AvgIpc) is 3.30. The molecule has 9 nitrogen and oxygen atoms in total. The summed E-state index contributed by atoms with van der Waals surface area (Å²) in [4.78, 5) is 34.4. The molecule has 2 N–H and O–H groups in total. The number of pyridine rings is 1. The van der Waals surface area contributed by atoms with Crippen molar-refractivity contribution in [2.75, 3.05) is 18.0 Å². The van der Waals surface area contributed by atoms with Crippen LogP contribution in [0.5, 0.6) is 11.5 Å². The van der Waals surface area contributed by atoms with E-state index in [0.717, 1.165) is 29.2 Å². The number of amides is 3. The van der Waals surface area contributed by atoms with Crippen molar-refractivity contribution >= 4 is 35.1 Å². The second-order valence-electron chi connectivity index (χ2n) is 9.15. The SMILES string of the molecule is N#CN1CCCC(NC(=O)[C@@H]2Sc3nccc4c3C2NC(=O)N4c2ccc(Oc3ccccc3)cc2)C1. The Labute approximate surface area is 218 Å². The van der Waals surface area contributed by atoms with Crippen LogP contribution in [-0.4, -0.2) is 46.2 Å². The van der Waals surface area contributed by atoms with Gasteiger partial charge in [-0.2, -0.15) is 5.26 Å². The van der Waals surface area contributed by atoms with Crippen LogP contribution in [0.2, 0.25) is 0 Å². The molecule has 2 unspecified atom stereocenters. The van der Waals surface area contributed by atoms with Crippen LogP contribution in [0, 0.1) is 11.5 Å². The molecule has 0 spiro atoms. The van der Waals surface area contributed by atoms with Crippen molar-refractivity contribution in [3.8, 4) is 17.7 Å². The van der Waals surface area contributed by atoms with Crippen LogP contribution in [0.15, 0.2) is 71.9 Å². The Morgan fingerprint density at radius 3 is 2.70 bits per heavy atom. The first-order chi connectivity index (χ1) is 18.1. The number of hydrogen-bond donors (Lipinski definition) is 2. The number of nitrogens with zero attached hydrogens (tertiary/aromatic N) is 4. The Bertz CT molecular complexity index is 1380. The van der Waals surface area contributed by atoms with Crippen molar-refractivity contribution in [3.05, 3.63) is 72.4 Å². The second kappa shape index (κ2) is 9.67. The van der Waals surface area contributed by atoms with Gasteiger partial charge in [0.2, 0.25) is 5.91 Å². The molecule has 186 valence electrons. The summed E-state index contributed by atoms with van der Waals surface area (Å²) in [6.07, 6.45) is 5.51. The van der Waals surface area contributed by atoms with Crippen LogP contribution in [0.3, 0.4) is 0 Å². The largest absolute Gasteiger partial charge is 0.457 e. The normalized spacial score (nSPS) is 22.0. The molecule has 0 saturated carbocycles. The van der Waals surface area contributed by atoms with Crippen molar-refractivity contribution in [2.45, 2.75) is 35.2 Å². The third kappa shape index (κ3) is 4.42. The van der Waals surface area contributed by atoms with E-state index in [9.17, 15) is 14.9 Å². The highest BCUT2D eigenvalue weighted by atomic mass is 32.2. The predicted molar refractivity (Wildman–Crippen MR) is 139 cm³/mol. The third-order valence-electron chi connectivity index (χ3n) is 6.75. The number of urea groups is 1. The molecule has 1 fully saturated rings. The van der Waals surface area contributed by atoms with Crippen LogP contribution in [0.25, 0.3) is 0 Å². The quantitative estimate of drug-likeness (QED) is 0.490. The van der Waals surface area contributed by atoms with E-state index in [2.05, 4.69) is 21.8 Å². The van der Waals surface area contributed by atoms with Gasteiger partial charge in [0.25, 0.3) is 0 Å². The fourth-order valence-electron chi connectivity index (χ4n) is 5.04. The monoisotopic (exact) mass is 512 g/mol. The number of para-hydroxylation sites is 1. The van der Waals surface area contributed by atoms with Gasteiger partial charge in [-0.15, -0.1) is 0 Å². The molecule has 10 heteroatoms. The molecule has 0 radical (unpaired) electrons. The lowest BCUT2D eigenvalue weighted by atomic mass is 9.99. The van der Waals surface area contributed by atoms with E-state index in [1.165, 1.54) is 11.8 Å². The summed E-state index contributed by atoms with van der Waals surface area (Å²) in [5.74, 6) is 1.24. The van der Waals surface area contributed by atoms with Gasteiger partial charge in [-0.3, -0.25) is 9.69 Å². The summed E-state index contributed by atoms with van der Waals surface area (Å²) in [5.41, 5.74) is 2.24. The maximum atomic E-state index is 13.3. The summed E-state index contributed by atoms with van der Waals surface area (Å²) < 4.78 is 5.88. The molecule has 1 aromatic heterocycles. The molecular formula is C27H24N6O3S. The summed E-state index contributed by atoms with van der Waals surface area (Å²) in [5, 5.41) is 15.5. The van der Waals surface area contributed by atoms with Crippen LogP contribution in [0.4, 0.5) is 16.2 Å². The molecule has 0 bridgehead atoms. The molecule has 0 aliphatic carbocycles. The number of carbonyl (C=O) groups is 2. The first kappa shape index (κ1) is 23.2. The zero-order valence-electron chi connectivity index (χ0n) is 19.8. The maximum absolute atomic E-state index is 13.3. The number of benzene rings is 2. The molecule has 1 saturated heterocycles. The minimum absolute atomic E-state index is 0.0925. The van der Waals surface area contributed by atoms with Crippen LogP contribution >= 0.6 is 11.8 Å². The Morgan fingerprint density at radius 2 is 1.92 bits per heavy atom. The Hall–Kier alpha value is -4.23. The highest BCUT2D eigenvalue weighted by Gasteiger charge is 2.47. The van der Waals surface area contributed by atoms with Crippen molar-refractivity contribution in [2.24, 2.45) is 0 Å². The number of nitriles is 1. The molecule has 3 aromatic rings. The van der Waals surface area contributed by atoms with Gasteiger partial charge in [0.05, 0.1) is 17.4 Å². The molecule has 37 heavy (non-hydrogen) atoms. The molecular weight excluding hydrogens is 488 g/mol. The molecule has 3 aliphatic rings. The Balaban J connectivity index is 1.22. The molecule has 3 aliphatic heterocycles. The topological polar surface area (TPSA) is 111 Å². The van der Waals surface area contributed by atoms with Crippen molar-refractivity contribution in [1.82, 2.24) is 20.5 Å². The molecule has 6 rings (SSSR count). The summed E-state index contributed by atoms with van der Waals surface area (Å²) in [6, 6.07) is 17.7. The first-order valence-corrected chi connectivity index (χ1v) is 13.0. The summed E-state index contributed by atoms with van der Waals surface area (Å²) in [6.45, 7) is 1.22. The van der Waals surface area contributed by atoms with Gasteiger partial charge in [0.1, 0.15) is 21.8 Å². The molecule has 3 amide bonds. The van der Waals surface area contributed by atoms with Crippen molar-refractivity contribution in [1.29, 1.82) is 5.26 Å². The van der Waals surface area contributed by atoms with Crippen molar-refractivity contribution in [3.63, 3.8) is 0 Å². The fourth-order valence-corrected chi connectivity index (χ4v) is 6.27. The van der Waals surface area contributed by atoms with Crippen LogP contribution in [-0.2, 0) is 4.79 Å². The van der Waals surface area contributed by atoms with Gasteiger partial charge in [-0.05, 0) is 55.3 Å². The third-order valence-corrected chi connectivity index (χ3v) is 8.04. The number of rotatable bonds is 5. The van der Waals surface area contributed by atoms with Gasteiger partial charge < -0.3 is 20.3 Å². The maximum Gasteiger partial charge on any atom is 0.327 e. The van der Waals surface area contributed by atoms with Crippen LogP contribution in [0.1, 0.15) is 24.4 Å². The number of nitrogens with one attached hydrogen (secondary N) is 2. The zero-order chi connectivity index (χ0) is 25.4. The minimum Gasteiger partial charge on any atom is -0.457 e. The highest BCUT2D eigenvalue weighted by molar-refractivity contribution is 8.01. The lowest BCUT2D eigenvalue weighted by Crippen LogP contribution is -2.52. The average molecular weight is 513 g/mol. The standard InChI is InChI=1S/C27H24N6O3S/c28-16-32-14-4-5-17(15-32)30-25(34)24-23-22-21(12-13-29-26(22)37-24)33(27(35)31-23)18-8-10-20(11-9-18)36-19-6-2-1-3-7-19/h1-3,6-13,17,23-24H,4-5,14-15H2,(H,30,34)(H,31,35)/t17?,23?,24-/m1/s1. The van der Waals surface area contributed by atoms with E-state index in [1.54, 1.807) is 16.0 Å². The molecule has 3 atom stereocenters. The number of aromatic nitrogens is 1. The predicted octanol–water partition coefficient (Wildman–Crippen LogP) is 4.31. The van der Waals surface area contributed by atoms with Crippen molar-refractivity contribution < 1.29 is 14.3 Å². The second-order valence-corrected chi connectivity index (χ2v) is 10.3. The Kier molecular flexibility index (Phi) is 6.06. The Morgan fingerprint density at radius 1 is 1.14 bits per heavy atom. The lowest BCUT2D eigenvalue weighted by molar-refractivity contribution is -0.121. The minimum atomic E-state index is -0.533. The smallest absolute Gasteiger partial charge is 0.327 e. The lowest BCUT2D eigenvalue weighted by Gasteiger charge is -2.35. The van der Waals surface area contributed by atoms with E-state index >= 15 is 0 Å². The molecule has 4 heterocycles. The van der Waals surface area contributed by atoms with Gasteiger partial charge in [0.15, 0.2) is 6.19 Å². The number of likely N-dealkylation sites (tertiary alicyclic amines) is 1. The number of carbonyl (C=O) groups excluding carboxylic acids is 2. The van der Waals surface area contributed by atoms with E-state index in [-0.39, 0.29) is 18.0 Å². The van der Waals surface area contributed by atoms with Gasteiger partial charge in [0, 0.05) is 30.9 Å². The zero-order valence-corrected chi connectivity index (χ0v) is 20.6. The van der Waals surface area contributed by atoms with Gasteiger partial charge >= 0.3 is 6.03 Å². The summed E-state index contributed by atoms with van der Waals surface area (Å²) in [7, 11) is 0. The van der Waals surface area contributed by atoms with E-state index < -0.39 is 11.3 Å². The van der Waals surface area contributed by atoms with Gasteiger partial charge in [-0.1, -0.05) is 30.0 Å². The van der Waals surface area contributed by atoms with E-state index in [0.29, 0.717) is 30.2 Å². The first-order valence-electron chi connectivity index (χ1n) is 12.1. The van der Waals surface area contributed by atoms with Crippen LogP contribution < -0.4 is 20.3 Å². The number of piperidine rings is 1. The number of thioether (sulfide) groups is 1. The summed E-state index contributed by atoms with van der Waals surface area (Å²) >= 11 is 1.37.